The lowest BCUT2D eigenvalue weighted by Crippen LogP contribution is -2.12. The Kier molecular flexibility index (Phi) is 5.32. The molecule has 0 heterocycles. The van der Waals surface area contributed by atoms with Crippen molar-refractivity contribution in [2.24, 2.45) is 0 Å². The minimum absolute atomic E-state index is 0.631. The van der Waals surface area contributed by atoms with Crippen LogP contribution in [0.3, 0.4) is 0 Å². The molecule has 0 fully saturated rings. The standard InChI is InChI=1S/C9H16ClN/c1-3-4-5-6-7-9(2,10)8-11/h3-7H2,1-2H3. The van der Waals surface area contributed by atoms with Crippen molar-refractivity contribution in [3.05, 3.63) is 0 Å². The fraction of sp³-hybridized carbons (Fsp3) is 0.889. The van der Waals surface area contributed by atoms with E-state index in [-0.39, 0.29) is 0 Å². The van der Waals surface area contributed by atoms with Crippen molar-refractivity contribution in [2.75, 3.05) is 0 Å². The molecule has 0 aromatic carbocycles. The van der Waals surface area contributed by atoms with E-state index < -0.39 is 4.87 Å². The molecule has 0 saturated heterocycles. The van der Waals surface area contributed by atoms with E-state index in [1.54, 1.807) is 6.92 Å². The van der Waals surface area contributed by atoms with Gasteiger partial charge in [0.05, 0.1) is 6.07 Å². The van der Waals surface area contributed by atoms with Crippen molar-refractivity contribution in [1.82, 2.24) is 0 Å². The number of rotatable bonds is 5. The Bertz CT molecular complexity index is 135. The van der Waals surface area contributed by atoms with Crippen molar-refractivity contribution in [1.29, 1.82) is 5.26 Å². The first-order chi connectivity index (χ1) is 5.12. The van der Waals surface area contributed by atoms with E-state index in [0.717, 1.165) is 12.8 Å². The molecule has 0 amide bonds. The summed E-state index contributed by atoms with van der Waals surface area (Å²) in [5.74, 6) is 0. The highest BCUT2D eigenvalue weighted by Crippen LogP contribution is 2.21. The van der Waals surface area contributed by atoms with Crippen LogP contribution in [0.2, 0.25) is 0 Å². The van der Waals surface area contributed by atoms with Crippen molar-refractivity contribution in [3.8, 4) is 6.07 Å². The first-order valence-electron chi connectivity index (χ1n) is 4.22. The summed E-state index contributed by atoms with van der Waals surface area (Å²) in [6, 6.07) is 2.08. The number of halogens is 1. The summed E-state index contributed by atoms with van der Waals surface area (Å²) in [7, 11) is 0. The van der Waals surface area contributed by atoms with E-state index in [0.29, 0.717) is 0 Å². The molecule has 11 heavy (non-hydrogen) atoms. The second kappa shape index (κ2) is 5.43. The highest BCUT2D eigenvalue weighted by atomic mass is 35.5. The van der Waals surface area contributed by atoms with Gasteiger partial charge in [-0.15, -0.1) is 11.6 Å². The van der Waals surface area contributed by atoms with Gasteiger partial charge in [0.2, 0.25) is 0 Å². The van der Waals surface area contributed by atoms with Gasteiger partial charge in [-0.3, -0.25) is 0 Å². The summed E-state index contributed by atoms with van der Waals surface area (Å²) in [6.45, 7) is 3.95. The smallest absolute Gasteiger partial charge is 0.128 e. The quantitative estimate of drug-likeness (QED) is 0.461. The van der Waals surface area contributed by atoms with Crippen LogP contribution in [0.5, 0.6) is 0 Å². The molecule has 0 radical (unpaired) electrons. The van der Waals surface area contributed by atoms with Gasteiger partial charge >= 0.3 is 0 Å². The predicted molar refractivity (Wildman–Crippen MR) is 48.6 cm³/mol. The van der Waals surface area contributed by atoms with Gasteiger partial charge in [0.25, 0.3) is 0 Å². The maximum atomic E-state index is 8.57. The summed E-state index contributed by atoms with van der Waals surface area (Å²) in [6.07, 6.45) is 5.55. The highest BCUT2D eigenvalue weighted by Gasteiger charge is 2.18. The Balaban J connectivity index is 3.32. The minimum atomic E-state index is -0.631. The molecule has 1 nitrogen and oxygen atoms in total. The molecule has 0 aliphatic rings. The van der Waals surface area contributed by atoms with E-state index >= 15 is 0 Å². The second-order valence-corrected chi connectivity index (χ2v) is 3.95. The van der Waals surface area contributed by atoms with Crippen LogP contribution < -0.4 is 0 Å². The van der Waals surface area contributed by atoms with Crippen LogP contribution in [-0.4, -0.2) is 4.87 Å². The van der Waals surface area contributed by atoms with Gasteiger partial charge in [-0.1, -0.05) is 32.6 Å². The number of hydrogen-bond donors (Lipinski definition) is 0. The molecule has 0 spiro atoms. The lowest BCUT2D eigenvalue weighted by atomic mass is 10.0. The molecule has 0 aliphatic carbocycles. The Labute approximate surface area is 74.4 Å². The molecule has 0 aromatic heterocycles. The van der Waals surface area contributed by atoms with Crippen LogP contribution >= 0.6 is 11.6 Å². The monoisotopic (exact) mass is 173 g/mol. The second-order valence-electron chi connectivity index (χ2n) is 3.12. The first-order valence-corrected chi connectivity index (χ1v) is 4.60. The van der Waals surface area contributed by atoms with Gasteiger partial charge in [0.15, 0.2) is 0 Å². The Hall–Kier alpha value is -0.220. The Morgan fingerprint density at radius 1 is 1.36 bits per heavy atom. The molecule has 0 rings (SSSR count). The largest absolute Gasteiger partial charge is 0.196 e. The summed E-state index contributed by atoms with van der Waals surface area (Å²) >= 11 is 5.84. The van der Waals surface area contributed by atoms with Crippen LogP contribution in [0.4, 0.5) is 0 Å². The normalized spacial score (nSPS) is 15.5. The fourth-order valence-electron chi connectivity index (χ4n) is 0.940. The molecule has 1 unspecified atom stereocenters. The topological polar surface area (TPSA) is 23.8 Å². The molecular weight excluding hydrogens is 158 g/mol. The molecule has 2 heteroatoms. The average molecular weight is 174 g/mol. The SMILES string of the molecule is CCCCCCC(C)(Cl)C#N. The molecule has 0 aliphatic heterocycles. The molecular formula is C9H16ClN. The fourth-order valence-corrected chi connectivity index (χ4v) is 1.07. The van der Waals surface area contributed by atoms with E-state index in [4.69, 9.17) is 16.9 Å². The van der Waals surface area contributed by atoms with Gasteiger partial charge in [-0.25, -0.2) is 0 Å². The zero-order valence-electron chi connectivity index (χ0n) is 7.36. The number of unbranched alkanes of at least 4 members (excludes halogenated alkanes) is 3. The molecule has 0 aromatic rings. The minimum Gasteiger partial charge on any atom is -0.196 e. The summed E-state index contributed by atoms with van der Waals surface area (Å²) in [4.78, 5) is -0.631. The Morgan fingerprint density at radius 3 is 2.45 bits per heavy atom. The van der Waals surface area contributed by atoms with Crippen molar-refractivity contribution < 1.29 is 0 Å². The van der Waals surface area contributed by atoms with Gasteiger partial charge in [-0.05, 0) is 13.3 Å². The van der Waals surface area contributed by atoms with Crippen LogP contribution in [0.1, 0.15) is 46.0 Å². The van der Waals surface area contributed by atoms with Crippen LogP contribution in [0.25, 0.3) is 0 Å². The molecule has 0 bridgehead atoms. The van der Waals surface area contributed by atoms with Gasteiger partial charge in [-0.2, -0.15) is 5.26 Å². The van der Waals surface area contributed by atoms with Gasteiger partial charge in [0, 0.05) is 0 Å². The number of hydrogen-bond acceptors (Lipinski definition) is 1. The maximum Gasteiger partial charge on any atom is 0.128 e. The van der Waals surface area contributed by atoms with Crippen molar-refractivity contribution in [2.45, 2.75) is 50.8 Å². The van der Waals surface area contributed by atoms with Gasteiger partial charge in [0.1, 0.15) is 4.87 Å². The average Bonchev–Trinajstić information content (AvgIpc) is 1.99. The third-order valence-electron chi connectivity index (χ3n) is 1.73. The summed E-state index contributed by atoms with van der Waals surface area (Å²) in [5, 5.41) is 8.57. The zero-order chi connectivity index (χ0) is 8.74. The van der Waals surface area contributed by atoms with Crippen molar-refractivity contribution in [3.63, 3.8) is 0 Å². The first kappa shape index (κ1) is 10.8. The lowest BCUT2D eigenvalue weighted by molar-refractivity contribution is 0.588. The number of nitriles is 1. The third-order valence-corrected chi connectivity index (χ3v) is 2.01. The van der Waals surface area contributed by atoms with E-state index in [9.17, 15) is 0 Å². The molecule has 1 atom stereocenters. The van der Waals surface area contributed by atoms with E-state index in [2.05, 4.69) is 13.0 Å². The predicted octanol–water partition coefficient (Wildman–Crippen LogP) is 3.48. The van der Waals surface area contributed by atoms with E-state index in [1.165, 1.54) is 19.3 Å². The van der Waals surface area contributed by atoms with Crippen LogP contribution in [0, 0.1) is 11.3 Å². The number of alkyl halides is 1. The van der Waals surface area contributed by atoms with Crippen LogP contribution in [-0.2, 0) is 0 Å². The highest BCUT2D eigenvalue weighted by molar-refractivity contribution is 6.25. The molecule has 0 N–H and O–H groups in total. The summed E-state index contributed by atoms with van der Waals surface area (Å²) < 4.78 is 0. The van der Waals surface area contributed by atoms with Crippen molar-refractivity contribution >= 4 is 11.6 Å². The lowest BCUT2D eigenvalue weighted by Gasteiger charge is -2.10. The zero-order valence-corrected chi connectivity index (χ0v) is 8.12. The van der Waals surface area contributed by atoms with E-state index in [1.807, 2.05) is 0 Å². The molecule has 0 saturated carbocycles. The maximum absolute atomic E-state index is 8.57. The summed E-state index contributed by atoms with van der Waals surface area (Å²) in [5.41, 5.74) is 0. The number of nitrogens with zero attached hydrogens (tertiary/aromatic N) is 1. The van der Waals surface area contributed by atoms with Crippen LogP contribution in [0.15, 0.2) is 0 Å². The van der Waals surface area contributed by atoms with Gasteiger partial charge < -0.3 is 0 Å². The Morgan fingerprint density at radius 2 is 2.00 bits per heavy atom. The third kappa shape index (κ3) is 6.19. The molecule has 64 valence electrons.